The van der Waals surface area contributed by atoms with E-state index in [2.05, 4.69) is 5.10 Å². The number of piperidine rings is 1. The van der Waals surface area contributed by atoms with Crippen molar-refractivity contribution in [2.24, 2.45) is 11.7 Å². The third-order valence-corrected chi connectivity index (χ3v) is 4.66. The molecule has 1 aliphatic rings. The first kappa shape index (κ1) is 16.5. The Morgan fingerprint density at radius 3 is 2.42 bits per heavy atom. The minimum absolute atomic E-state index is 0.0596. The molecule has 0 radical (unpaired) electrons. The highest BCUT2D eigenvalue weighted by molar-refractivity contribution is 6.30. The molecule has 1 aliphatic heterocycles. The van der Waals surface area contributed by atoms with E-state index in [9.17, 15) is 9.59 Å². The van der Waals surface area contributed by atoms with Crippen molar-refractivity contribution < 1.29 is 9.59 Å². The summed E-state index contributed by atoms with van der Waals surface area (Å²) in [4.78, 5) is 25.7. The molecule has 1 fully saturated rings. The Hall–Kier alpha value is -2.34. The molecule has 3 rings (SSSR count). The van der Waals surface area contributed by atoms with E-state index in [1.165, 1.54) is 0 Å². The summed E-state index contributed by atoms with van der Waals surface area (Å²) in [7, 11) is 0. The second-order valence-corrected chi connectivity index (χ2v) is 6.45. The molecule has 0 atom stereocenters. The van der Waals surface area contributed by atoms with Gasteiger partial charge in [-0.3, -0.25) is 9.59 Å². The van der Waals surface area contributed by atoms with Gasteiger partial charge in [0.25, 0.3) is 5.91 Å². The number of benzene rings is 1. The second-order valence-electron chi connectivity index (χ2n) is 6.02. The average Bonchev–Trinajstić information content (AvgIpc) is 2.96. The number of aryl methyl sites for hydroxylation is 1. The molecule has 0 aliphatic carbocycles. The molecule has 0 saturated carbocycles. The van der Waals surface area contributed by atoms with Crippen LogP contribution in [0.4, 0.5) is 0 Å². The Labute approximate surface area is 145 Å². The van der Waals surface area contributed by atoms with Crippen LogP contribution < -0.4 is 5.73 Å². The second kappa shape index (κ2) is 6.65. The summed E-state index contributed by atoms with van der Waals surface area (Å²) >= 11 is 5.90. The molecule has 2 heterocycles. The van der Waals surface area contributed by atoms with Crippen LogP contribution in [0.25, 0.3) is 5.69 Å². The highest BCUT2D eigenvalue weighted by atomic mass is 35.5. The van der Waals surface area contributed by atoms with E-state index in [0.717, 1.165) is 5.69 Å². The quantitative estimate of drug-likeness (QED) is 0.924. The number of nitrogens with zero attached hydrogens (tertiary/aromatic N) is 3. The van der Waals surface area contributed by atoms with Gasteiger partial charge >= 0.3 is 0 Å². The molecule has 126 valence electrons. The van der Waals surface area contributed by atoms with Crippen molar-refractivity contribution in [2.45, 2.75) is 19.8 Å². The SMILES string of the molecule is Cc1nn(-c2ccc(Cl)cc2)cc1C(=O)N1CCC(C(N)=O)CC1. The molecule has 2 aromatic rings. The fourth-order valence-electron chi connectivity index (χ4n) is 2.93. The molecule has 2 amide bonds. The number of primary amides is 1. The van der Waals surface area contributed by atoms with E-state index in [1.807, 2.05) is 19.1 Å². The van der Waals surface area contributed by atoms with Crippen molar-refractivity contribution in [3.63, 3.8) is 0 Å². The number of carbonyl (C=O) groups is 2. The maximum atomic E-state index is 12.7. The van der Waals surface area contributed by atoms with Crippen molar-refractivity contribution in [2.75, 3.05) is 13.1 Å². The zero-order valence-corrected chi connectivity index (χ0v) is 14.2. The lowest BCUT2D eigenvalue weighted by atomic mass is 9.96. The van der Waals surface area contributed by atoms with Crippen molar-refractivity contribution >= 4 is 23.4 Å². The van der Waals surface area contributed by atoms with Crippen LogP contribution in [0.3, 0.4) is 0 Å². The number of amides is 2. The number of carbonyl (C=O) groups excluding carboxylic acids is 2. The van der Waals surface area contributed by atoms with Gasteiger partial charge in [0.2, 0.25) is 5.91 Å². The lowest BCUT2D eigenvalue weighted by molar-refractivity contribution is -0.123. The average molecular weight is 347 g/mol. The lowest BCUT2D eigenvalue weighted by Gasteiger charge is -2.30. The van der Waals surface area contributed by atoms with Crippen LogP contribution in [0, 0.1) is 12.8 Å². The zero-order valence-electron chi connectivity index (χ0n) is 13.4. The summed E-state index contributed by atoms with van der Waals surface area (Å²) < 4.78 is 1.68. The summed E-state index contributed by atoms with van der Waals surface area (Å²) in [5, 5.41) is 5.07. The number of halogens is 1. The number of hydrogen-bond donors (Lipinski definition) is 1. The van der Waals surface area contributed by atoms with Crippen molar-refractivity contribution in [3.8, 4) is 5.69 Å². The predicted molar refractivity (Wildman–Crippen MR) is 91.1 cm³/mol. The van der Waals surface area contributed by atoms with Crippen LogP contribution in [0.2, 0.25) is 5.02 Å². The van der Waals surface area contributed by atoms with E-state index in [-0.39, 0.29) is 17.7 Å². The standard InChI is InChI=1S/C17H19ClN4O2/c1-11-15(10-22(20-11)14-4-2-13(18)3-5-14)17(24)21-8-6-12(7-9-21)16(19)23/h2-5,10,12H,6-9H2,1H3,(H2,19,23). The van der Waals surface area contributed by atoms with Gasteiger partial charge in [0.05, 0.1) is 16.9 Å². The highest BCUT2D eigenvalue weighted by Gasteiger charge is 2.28. The fourth-order valence-corrected chi connectivity index (χ4v) is 3.06. The van der Waals surface area contributed by atoms with Gasteiger partial charge in [0.1, 0.15) is 0 Å². The fraction of sp³-hybridized carbons (Fsp3) is 0.353. The summed E-state index contributed by atoms with van der Waals surface area (Å²) in [5.74, 6) is -0.476. The molecule has 6 nitrogen and oxygen atoms in total. The Kier molecular flexibility index (Phi) is 4.57. The van der Waals surface area contributed by atoms with Crippen LogP contribution in [0.1, 0.15) is 28.9 Å². The highest BCUT2D eigenvalue weighted by Crippen LogP contribution is 2.21. The molecule has 1 aromatic heterocycles. The predicted octanol–water partition coefficient (Wildman–Crippen LogP) is 2.17. The Bertz CT molecular complexity index is 761. The molecule has 24 heavy (non-hydrogen) atoms. The van der Waals surface area contributed by atoms with Gasteiger partial charge in [0.15, 0.2) is 0 Å². The molecular formula is C17H19ClN4O2. The minimum atomic E-state index is -0.283. The lowest BCUT2D eigenvalue weighted by Crippen LogP contribution is -2.41. The van der Waals surface area contributed by atoms with E-state index < -0.39 is 0 Å². The van der Waals surface area contributed by atoms with Gasteiger partial charge in [0, 0.05) is 30.2 Å². The number of rotatable bonds is 3. The third-order valence-electron chi connectivity index (χ3n) is 4.41. The topological polar surface area (TPSA) is 81.2 Å². The number of nitrogens with two attached hydrogens (primary N) is 1. The summed E-state index contributed by atoms with van der Waals surface area (Å²) in [6.07, 6.45) is 2.97. The molecule has 0 bridgehead atoms. The Morgan fingerprint density at radius 1 is 1.21 bits per heavy atom. The van der Waals surface area contributed by atoms with Crippen molar-refractivity contribution in [1.29, 1.82) is 0 Å². The van der Waals surface area contributed by atoms with E-state index in [4.69, 9.17) is 17.3 Å². The van der Waals surface area contributed by atoms with E-state index in [1.54, 1.807) is 27.9 Å². The maximum Gasteiger partial charge on any atom is 0.257 e. The zero-order chi connectivity index (χ0) is 17.3. The largest absolute Gasteiger partial charge is 0.369 e. The number of likely N-dealkylation sites (tertiary alicyclic amines) is 1. The van der Waals surface area contributed by atoms with Gasteiger partial charge < -0.3 is 10.6 Å². The molecule has 2 N–H and O–H groups in total. The summed E-state index contributed by atoms with van der Waals surface area (Å²) in [6.45, 7) is 2.89. The van der Waals surface area contributed by atoms with Gasteiger partial charge in [-0.2, -0.15) is 5.10 Å². The molecule has 1 aromatic carbocycles. The summed E-state index contributed by atoms with van der Waals surface area (Å²) in [5.41, 5.74) is 7.42. The van der Waals surface area contributed by atoms with Crippen LogP contribution >= 0.6 is 11.6 Å². The Morgan fingerprint density at radius 2 is 1.83 bits per heavy atom. The van der Waals surface area contributed by atoms with Gasteiger partial charge in [-0.05, 0) is 44.0 Å². The van der Waals surface area contributed by atoms with Gasteiger partial charge in [-0.25, -0.2) is 4.68 Å². The first-order valence-corrected chi connectivity index (χ1v) is 8.24. The first-order chi connectivity index (χ1) is 11.5. The van der Waals surface area contributed by atoms with Gasteiger partial charge in [-0.15, -0.1) is 0 Å². The summed E-state index contributed by atoms with van der Waals surface area (Å²) in [6, 6.07) is 7.26. The van der Waals surface area contributed by atoms with Crippen LogP contribution in [-0.2, 0) is 4.79 Å². The molecule has 1 saturated heterocycles. The monoisotopic (exact) mass is 346 g/mol. The van der Waals surface area contributed by atoms with Crippen molar-refractivity contribution in [3.05, 3.63) is 46.7 Å². The smallest absolute Gasteiger partial charge is 0.257 e. The van der Waals surface area contributed by atoms with Crippen molar-refractivity contribution in [1.82, 2.24) is 14.7 Å². The number of hydrogen-bond acceptors (Lipinski definition) is 3. The normalized spacial score (nSPS) is 15.5. The Balaban J connectivity index is 1.76. The maximum absolute atomic E-state index is 12.7. The van der Waals surface area contributed by atoms with E-state index >= 15 is 0 Å². The first-order valence-electron chi connectivity index (χ1n) is 7.86. The molecular weight excluding hydrogens is 328 g/mol. The number of aromatic nitrogens is 2. The van der Waals surface area contributed by atoms with Crippen LogP contribution in [-0.4, -0.2) is 39.6 Å². The minimum Gasteiger partial charge on any atom is -0.369 e. The molecule has 0 unspecified atom stereocenters. The van der Waals surface area contributed by atoms with E-state index in [0.29, 0.717) is 42.2 Å². The molecule has 7 heteroatoms. The molecule has 0 spiro atoms. The van der Waals surface area contributed by atoms with Gasteiger partial charge in [-0.1, -0.05) is 11.6 Å². The third kappa shape index (κ3) is 3.28. The van der Waals surface area contributed by atoms with Crippen LogP contribution in [0.5, 0.6) is 0 Å². The van der Waals surface area contributed by atoms with Crippen LogP contribution in [0.15, 0.2) is 30.5 Å².